The lowest BCUT2D eigenvalue weighted by molar-refractivity contribution is -0.134. The molecule has 3 aromatic rings. The van der Waals surface area contributed by atoms with Gasteiger partial charge in [-0.05, 0) is 19.1 Å². The van der Waals surface area contributed by atoms with Gasteiger partial charge in [-0.2, -0.15) is 0 Å². The zero-order valence-corrected chi connectivity index (χ0v) is 21.6. The molecule has 9 heteroatoms. The Morgan fingerprint density at radius 1 is 1.08 bits per heavy atom. The Labute approximate surface area is 218 Å². The Morgan fingerprint density at radius 3 is 2.59 bits per heavy atom. The van der Waals surface area contributed by atoms with Crippen molar-refractivity contribution in [2.75, 3.05) is 57.9 Å². The van der Waals surface area contributed by atoms with E-state index in [2.05, 4.69) is 10.2 Å². The van der Waals surface area contributed by atoms with Crippen molar-refractivity contribution in [3.63, 3.8) is 0 Å². The van der Waals surface area contributed by atoms with E-state index >= 15 is 0 Å². The van der Waals surface area contributed by atoms with Crippen LogP contribution in [-0.4, -0.2) is 83.7 Å². The third-order valence-electron chi connectivity index (χ3n) is 6.21. The first-order valence-corrected chi connectivity index (χ1v) is 12.8. The second kappa shape index (κ2) is 13.0. The summed E-state index contributed by atoms with van der Waals surface area (Å²) in [5, 5.41) is 2.94. The molecule has 0 bridgehead atoms. The van der Waals surface area contributed by atoms with Gasteiger partial charge in [0.1, 0.15) is 5.75 Å². The minimum absolute atomic E-state index is 0.0382. The summed E-state index contributed by atoms with van der Waals surface area (Å²) in [5.41, 5.74) is 2.47. The van der Waals surface area contributed by atoms with Crippen LogP contribution < -0.4 is 10.1 Å². The van der Waals surface area contributed by atoms with Crippen molar-refractivity contribution in [3.8, 4) is 22.7 Å². The summed E-state index contributed by atoms with van der Waals surface area (Å²) < 4.78 is 12.9. The molecule has 4 rings (SSSR count). The van der Waals surface area contributed by atoms with Crippen LogP contribution in [0.15, 0.2) is 60.8 Å². The van der Waals surface area contributed by atoms with Gasteiger partial charge in [-0.15, -0.1) is 0 Å². The molecule has 0 radical (unpaired) electrons. The molecule has 1 aliphatic heterocycles. The summed E-state index contributed by atoms with van der Waals surface area (Å²) >= 11 is 0. The second-order valence-electron chi connectivity index (χ2n) is 8.79. The molecule has 0 aliphatic carbocycles. The number of imidazole rings is 1. The SMILES string of the molecule is CCOc1cccc(-n2cc(-c3ccccc3)nc2NC(=O)CN(CCN2CCOCC2)C(=O)CC)c1. The van der Waals surface area contributed by atoms with Crippen molar-refractivity contribution in [2.45, 2.75) is 20.3 Å². The van der Waals surface area contributed by atoms with Crippen LogP contribution in [0, 0.1) is 0 Å². The third kappa shape index (κ3) is 7.18. The van der Waals surface area contributed by atoms with E-state index < -0.39 is 0 Å². The highest BCUT2D eigenvalue weighted by atomic mass is 16.5. The molecule has 0 spiro atoms. The lowest BCUT2D eigenvalue weighted by atomic mass is 10.2. The van der Waals surface area contributed by atoms with Crippen molar-refractivity contribution in [2.24, 2.45) is 0 Å². The van der Waals surface area contributed by atoms with Gasteiger partial charge >= 0.3 is 0 Å². The van der Waals surface area contributed by atoms with E-state index in [1.54, 1.807) is 4.90 Å². The van der Waals surface area contributed by atoms with Gasteiger partial charge < -0.3 is 14.4 Å². The fourth-order valence-electron chi connectivity index (χ4n) is 4.24. The number of carbonyl (C=O) groups excluding carboxylic acids is 2. The largest absolute Gasteiger partial charge is 0.494 e. The lowest BCUT2D eigenvalue weighted by Crippen LogP contribution is -2.45. The molecule has 37 heavy (non-hydrogen) atoms. The molecule has 0 unspecified atom stereocenters. The van der Waals surface area contributed by atoms with Crippen molar-refractivity contribution in [3.05, 3.63) is 60.8 Å². The summed E-state index contributed by atoms with van der Waals surface area (Å²) in [4.78, 5) is 34.4. The summed E-state index contributed by atoms with van der Waals surface area (Å²) in [6.07, 6.45) is 2.23. The first-order valence-electron chi connectivity index (χ1n) is 12.8. The second-order valence-corrected chi connectivity index (χ2v) is 8.79. The van der Waals surface area contributed by atoms with Crippen LogP contribution in [0.1, 0.15) is 20.3 Å². The van der Waals surface area contributed by atoms with Gasteiger partial charge in [0, 0.05) is 50.4 Å². The number of morpholine rings is 1. The number of hydrogen-bond donors (Lipinski definition) is 1. The van der Waals surface area contributed by atoms with Gasteiger partial charge in [-0.1, -0.05) is 43.3 Å². The number of nitrogens with zero attached hydrogens (tertiary/aromatic N) is 4. The van der Waals surface area contributed by atoms with Gasteiger partial charge in [0.15, 0.2) is 0 Å². The molecule has 9 nitrogen and oxygen atoms in total. The van der Waals surface area contributed by atoms with Gasteiger partial charge in [-0.25, -0.2) is 4.98 Å². The fourth-order valence-corrected chi connectivity index (χ4v) is 4.24. The maximum Gasteiger partial charge on any atom is 0.246 e. The molecule has 1 aromatic heterocycles. The first-order chi connectivity index (χ1) is 18.1. The molecule has 1 saturated heterocycles. The molecule has 2 amide bonds. The van der Waals surface area contributed by atoms with Gasteiger partial charge in [0.25, 0.3) is 0 Å². The zero-order valence-electron chi connectivity index (χ0n) is 21.6. The minimum Gasteiger partial charge on any atom is -0.494 e. The lowest BCUT2D eigenvalue weighted by Gasteiger charge is -2.29. The number of rotatable bonds is 11. The molecule has 1 fully saturated rings. The number of benzene rings is 2. The normalized spacial score (nSPS) is 13.8. The van der Waals surface area contributed by atoms with Crippen LogP contribution in [0.2, 0.25) is 0 Å². The van der Waals surface area contributed by atoms with E-state index in [-0.39, 0.29) is 18.4 Å². The summed E-state index contributed by atoms with van der Waals surface area (Å²) in [6.45, 7) is 8.51. The molecule has 2 heterocycles. The number of carbonyl (C=O) groups is 2. The maximum atomic E-state index is 13.2. The highest BCUT2D eigenvalue weighted by Crippen LogP contribution is 2.26. The van der Waals surface area contributed by atoms with Gasteiger partial charge in [0.05, 0.1) is 37.7 Å². The molecule has 2 aromatic carbocycles. The zero-order chi connectivity index (χ0) is 26.0. The van der Waals surface area contributed by atoms with E-state index in [0.717, 1.165) is 35.8 Å². The Balaban J connectivity index is 1.54. The number of amides is 2. The van der Waals surface area contributed by atoms with Gasteiger partial charge in [-0.3, -0.25) is 24.4 Å². The predicted molar refractivity (Wildman–Crippen MR) is 143 cm³/mol. The topological polar surface area (TPSA) is 88.9 Å². The summed E-state index contributed by atoms with van der Waals surface area (Å²) in [5.74, 6) is 0.766. The van der Waals surface area contributed by atoms with E-state index in [9.17, 15) is 9.59 Å². The molecule has 196 valence electrons. The van der Waals surface area contributed by atoms with Crippen LogP contribution in [-0.2, 0) is 14.3 Å². The Hall–Kier alpha value is -3.69. The summed E-state index contributed by atoms with van der Waals surface area (Å²) in [7, 11) is 0. The number of aromatic nitrogens is 2. The Kier molecular flexibility index (Phi) is 9.29. The van der Waals surface area contributed by atoms with E-state index in [1.807, 2.05) is 79.2 Å². The average Bonchev–Trinajstić information content (AvgIpc) is 3.35. The highest BCUT2D eigenvalue weighted by Gasteiger charge is 2.20. The number of hydrogen-bond acceptors (Lipinski definition) is 6. The van der Waals surface area contributed by atoms with Crippen molar-refractivity contribution in [1.29, 1.82) is 0 Å². The Morgan fingerprint density at radius 2 is 1.86 bits per heavy atom. The first kappa shape index (κ1) is 26.4. The van der Waals surface area contributed by atoms with Crippen LogP contribution in [0.5, 0.6) is 5.75 Å². The highest BCUT2D eigenvalue weighted by molar-refractivity contribution is 5.93. The Bertz CT molecular complexity index is 1170. The molecular weight excluding hydrogens is 470 g/mol. The van der Waals surface area contributed by atoms with Crippen LogP contribution in [0.3, 0.4) is 0 Å². The number of ether oxygens (including phenoxy) is 2. The smallest absolute Gasteiger partial charge is 0.246 e. The molecular formula is C28H35N5O4. The van der Waals surface area contributed by atoms with E-state index in [1.165, 1.54) is 0 Å². The van der Waals surface area contributed by atoms with Crippen molar-refractivity contribution >= 4 is 17.8 Å². The standard InChI is InChI=1S/C28H35N5O4/c1-3-27(35)32(14-13-31-15-17-36-18-16-31)21-26(34)30-28-29-25(22-9-6-5-7-10-22)20-33(28)23-11-8-12-24(19-23)37-4-2/h5-12,19-20H,3-4,13-18,21H2,1-2H3,(H,29,30,34). The van der Waals surface area contributed by atoms with Gasteiger partial charge in [0.2, 0.25) is 17.8 Å². The molecule has 0 atom stereocenters. The van der Waals surface area contributed by atoms with Crippen LogP contribution in [0.25, 0.3) is 16.9 Å². The van der Waals surface area contributed by atoms with E-state index in [0.29, 0.717) is 45.3 Å². The monoisotopic (exact) mass is 505 g/mol. The number of nitrogens with one attached hydrogen (secondary N) is 1. The third-order valence-corrected chi connectivity index (χ3v) is 6.21. The summed E-state index contributed by atoms with van der Waals surface area (Å²) in [6, 6.07) is 17.4. The van der Waals surface area contributed by atoms with Crippen LogP contribution >= 0.6 is 0 Å². The van der Waals surface area contributed by atoms with Crippen molar-refractivity contribution < 1.29 is 19.1 Å². The quantitative estimate of drug-likeness (QED) is 0.430. The van der Waals surface area contributed by atoms with Crippen LogP contribution in [0.4, 0.5) is 5.95 Å². The van der Waals surface area contributed by atoms with Crippen molar-refractivity contribution in [1.82, 2.24) is 19.4 Å². The van der Waals surface area contributed by atoms with E-state index in [4.69, 9.17) is 14.5 Å². The average molecular weight is 506 g/mol. The molecule has 1 N–H and O–H groups in total. The maximum absolute atomic E-state index is 13.2. The molecule has 0 saturated carbocycles. The number of anilines is 1. The fraction of sp³-hybridized carbons (Fsp3) is 0.393. The predicted octanol–water partition coefficient (Wildman–Crippen LogP) is 3.45. The minimum atomic E-state index is -0.295. The molecule has 1 aliphatic rings.